The number of carbonyl (C=O) groups excluding carboxylic acids is 1. The molecule has 19 nitrogen and oxygen atoms in total. The Labute approximate surface area is 545 Å². The van der Waals surface area contributed by atoms with E-state index in [0.29, 0.717) is 6.42 Å². The zero-order valence-corrected chi connectivity index (χ0v) is 55.3. The Hall–Kier alpha value is -3.29. The van der Waals surface area contributed by atoms with Gasteiger partial charge in [-0.25, -0.2) is 0 Å². The predicted octanol–water partition coefficient (Wildman–Crippen LogP) is 9.27. The van der Waals surface area contributed by atoms with Gasteiger partial charge in [-0.05, 0) is 77.0 Å². The standard InChI is InChI=1S/C72H123NO18/c1-3-5-7-9-11-13-15-17-19-21-22-23-24-25-26-27-28-29-30-31-32-34-36-38-40-42-44-46-48-50-60(78)73-55(56(77)49-47-45-43-41-39-37-35-33-20-18-16-14-12-10-8-6-4-2)54-86-70-66(84)63(81)68(58(52-75)88-70)91-72-67(85)64(82)69(59(53-76)89-72)90-71-65(83)62(80)61(79)57(51-74)87-71/h5,7,11,13,17,19,22-23,25-26,28-29,31-32,47,49,55-59,61-72,74-77,79-85H,3-4,6,8-10,12,14-16,18,20-21,24,27,30,33-46,48,50-54H2,1-2H3,(H,73,78)/b7-5-,13-11-,19-17-,23-22-,26-25-,29-28-,32-31-,49-47+. The van der Waals surface area contributed by atoms with Gasteiger partial charge in [-0.3, -0.25) is 4.79 Å². The number of hydrogen-bond acceptors (Lipinski definition) is 18. The minimum absolute atomic E-state index is 0.224. The van der Waals surface area contributed by atoms with Crippen LogP contribution in [0.1, 0.15) is 219 Å². The third kappa shape index (κ3) is 34.8. The lowest BCUT2D eigenvalue weighted by Crippen LogP contribution is -2.66. The molecular formula is C72H123NO18. The van der Waals surface area contributed by atoms with Crippen molar-refractivity contribution in [3.05, 3.63) is 97.2 Å². The number of unbranched alkanes of at least 4 members (excludes halogenated alkanes) is 22. The number of amides is 1. The molecule has 91 heavy (non-hydrogen) atoms. The van der Waals surface area contributed by atoms with Crippen LogP contribution < -0.4 is 5.32 Å². The SMILES string of the molecule is CC/C=C\C/C=C\C/C=C\C/C=C\C/C=C\C/C=C\C/C=C\CCCCCCCCCC(=O)NC(COC1OC(CO)C(OC2OC(CO)C(OC3OC(CO)C(O)C(O)C3O)C(O)C2O)C(O)C1O)C(O)/C=C/CCCCCCCCCCCCCCCCC. The van der Waals surface area contributed by atoms with Crippen LogP contribution in [0.15, 0.2) is 97.2 Å². The van der Waals surface area contributed by atoms with Crippen molar-refractivity contribution in [1.29, 1.82) is 0 Å². The van der Waals surface area contributed by atoms with Gasteiger partial charge in [0.2, 0.25) is 5.91 Å². The lowest BCUT2D eigenvalue weighted by molar-refractivity contribution is -0.379. The molecule has 0 aromatic rings. The zero-order chi connectivity index (χ0) is 66.1. The van der Waals surface area contributed by atoms with E-state index in [1.165, 1.54) is 77.0 Å². The molecule has 17 unspecified atom stereocenters. The van der Waals surface area contributed by atoms with E-state index in [2.05, 4.69) is 104 Å². The first-order chi connectivity index (χ1) is 44.3. The van der Waals surface area contributed by atoms with Crippen molar-refractivity contribution >= 4 is 5.91 Å². The fourth-order valence-electron chi connectivity index (χ4n) is 11.2. The Balaban J connectivity index is 1.43. The third-order valence-corrected chi connectivity index (χ3v) is 16.9. The fraction of sp³-hybridized carbons (Fsp3) is 0.764. The molecule has 3 fully saturated rings. The Morgan fingerprint density at radius 3 is 1.19 bits per heavy atom. The molecular weight excluding hydrogens is 1170 g/mol. The van der Waals surface area contributed by atoms with Crippen LogP contribution in [0.5, 0.6) is 0 Å². The Morgan fingerprint density at radius 2 is 0.758 bits per heavy atom. The normalized spacial score (nSPS) is 28.5. The van der Waals surface area contributed by atoms with E-state index in [1.807, 2.05) is 6.08 Å². The molecule has 524 valence electrons. The van der Waals surface area contributed by atoms with Crippen molar-refractivity contribution in [3.8, 4) is 0 Å². The number of hydrogen-bond donors (Lipinski definition) is 12. The average Bonchev–Trinajstić information content (AvgIpc) is 0.884. The predicted molar refractivity (Wildman–Crippen MR) is 355 cm³/mol. The van der Waals surface area contributed by atoms with Crippen LogP contribution >= 0.6 is 0 Å². The highest BCUT2D eigenvalue weighted by Gasteiger charge is 2.53. The maximum Gasteiger partial charge on any atom is 0.220 e. The zero-order valence-electron chi connectivity index (χ0n) is 55.3. The molecule has 0 aromatic carbocycles. The second kappa shape index (κ2) is 52.9. The molecule has 0 aliphatic carbocycles. The summed E-state index contributed by atoms with van der Waals surface area (Å²) >= 11 is 0. The van der Waals surface area contributed by atoms with Crippen molar-refractivity contribution < 1.29 is 89.4 Å². The molecule has 12 N–H and O–H groups in total. The summed E-state index contributed by atoms with van der Waals surface area (Å²) in [5.41, 5.74) is 0. The van der Waals surface area contributed by atoms with Gasteiger partial charge in [0.05, 0.1) is 38.6 Å². The fourth-order valence-corrected chi connectivity index (χ4v) is 11.2. The van der Waals surface area contributed by atoms with Crippen LogP contribution in [0.2, 0.25) is 0 Å². The average molecular weight is 1290 g/mol. The first-order valence-corrected chi connectivity index (χ1v) is 35.0. The Bertz CT molecular complexity index is 2030. The minimum Gasteiger partial charge on any atom is -0.394 e. The molecule has 0 bridgehead atoms. The molecule has 0 spiro atoms. The number of allylic oxidation sites excluding steroid dienone is 15. The van der Waals surface area contributed by atoms with Crippen LogP contribution in [0.25, 0.3) is 0 Å². The van der Waals surface area contributed by atoms with E-state index in [0.717, 1.165) is 116 Å². The molecule has 3 saturated heterocycles. The summed E-state index contributed by atoms with van der Waals surface area (Å²) in [5.74, 6) is -0.290. The number of ether oxygens (including phenoxy) is 6. The summed E-state index contributed by atoms with van der Waals surface area (Å²) < 4.78 is 34.3. The van der Waals surface area contributed by atoms with Crippen LogP contribution in [0.3, 0.4) is 0 Å². The summed E-state index contributed by atoms with van der Waals surface area (Å²) in [6.07, 6.45) is 42.3. The van der Waals surface area contributed by atoms with Crippen molar-refractivity contribution in [1.82, 2.24) is 5.32 Å². The number of rotatable bonds is 52. The summed E-state index contributed by atoms with van der Waals surface area (Å²) in [6, 6.07) is -0.986. The maximum atomic E-state index is 13.4. The van der Waals surface area contributed by atoms with Crippen LogP contribution in [-0.4, -0.2) is 193 Å². The molecule has 0 radical (unpaired) electrons. The van der Waals surface area contributed by atoms with Crippen molar-refractivity contribution in [2.75, 3.05) is 26.4 Å². The van der Waals surface area contributed by atoms with Gasteiger partial charge >= 0.3 is 0 Å². The van der Waals surface area contributed by atoms with Crippen LogP contribution in [0.4, 0.5) is 0 Å². The van der Waals surface area contributed by atoms with Crippen molar-refractivity contribution in [3.63, 3.8) is 0 Å². The quantitative estimate of drug-likeness (QED) is 0.0199. The second-order valence-electron chi connectivity index (χ2n) is 24.6. The molecule has 19 heteroatoms. The topological polar surface area (TPSA) is 307 Å². The molecule has 3 heterocycles. The van der Waals surface area contributed by atoms with Crippen LogP contribution in [-0.2, 0) is 33.2 Å². The van der Waals surface area contributed by atoms with Gasteiger partial charge < -0.3 is 89.9 Å². The maximum absolute atomic E-state index is 13.4. The summed E-state index contributed by atoms with van der Waals surface area (Å²) in [6.45, 7) is 1.60. The first-order valence-electron chi connectivity index (χ1n) is 35.0. The summed E-state index contributed by atoms with van der Waals surface area (Å²) in [7, 11) is 0. The molecule has 1 amide bonds. The second-order valence-corrected chi connectivity index (χ2v) is 24.6. The van der Waals surface area contributed by atoms with Gasteiger partial charge in [0.15, 0.2) is 18.9 Å². The largest absolute Gasteiger partial charge is 0.394 e. The molecule has 3 aliphatic rings. The van der Waals surface area contributed by atoms with Gasteiger partial charge in [0, 0.05) is 6.42 Å². The number of aliphatic hydroxyl groups is 11. The van der Waals surface area contributed by atoms with Crippen molar-refractivity contribution in [2.45, 2.75) is 324 Å². The summed E-state index contributed by atoms with van der Waals surface area (Å²) in [4.78, 5) is 13.4. The van der Waals surface area contributed by atoms with E-state index in [9.17, 15) is 61.0 Å². The highest BCUT2D eigenvalue weighted by molar-refractivity contribution is 5.76. The molecule has 17 atom stereocenters. The Morgan fingerprint density at radius 1 is 0.407 bits per heavy atom. The number of carbonyl (C=O) groups is 1. The highest BCUT2D eigenvalue weighted by atomic mass is 16.8. The molecule has 3 rings (SSSR count). The van der Waals surface area contributed by atoms with Gasteiger partial charge in [0.1, 0.15) is 73.2 Å². The van der Waals surface area contributed by atoms with Gasteiger partial charge in [-0.1, -0.05) is 233 Å². The Kier molecular flexibility index (Phi) is 47.7. The molecule has 3 aliphatic heterocycles. The van der Waals surface area contributed by atoms with E-state index >= 15 is 0 Å². The lowest BCUT2D eigenvalue weighted by Gasteiger charge is -2.48. The van der Waals surface area contributed by atoms with Gasteiger partial charge in [0.25, 0.3) is 0 Å². The van der Waals surface area contributed by atoms with E-state index < -0.39 is 124 Å². The third-order valence-electron chi connectivity index (χ3n) is 16.9. The minimum atomic E-state index is -1.98. The highest BCUT2D eigenvalue weighted by Crippen LogP contribution is 2.33. The van der Waals surface area contributed by atoms with E-state index in [4.69, 9.17) is 28.4 Å². The number of nitrogens with one attached hydrogen (secondary N) is 1. The number of aliphatic hydroxyl groups excluding tert-OH is 11. The van der Waals surface area contributed by atoms with Crippen molar-refractivity contribution in [2.24, 2.45) is 0 Å². The molecule has 0 saturated carbocycles. The van der Waals surface area contributed by atoms with E-state index in [1.54, 1.807) is 6.08 Å². The van der Waals surface area contributed by atoms with Gasteiger partial charge in [-0.2, -0.15) is 0 Å². The first kappa shape index (κ1) is 81.9. The molecule has 0 aromatic heterocycles. The monoisotopic (exact) mass is 1290 g/mol. The van der Waals surface area contributed by atoms with Crippen LogP contribution in [0, 0.1) is 0 Å². The van der Waals surface area contributed by atoms with Gasteiger partial charge in [-0.15, -0.1) is 0 Å². The van der Waals surface area contributed by atoms with E-state index in [-0.39, 0.29) is 18.9 Å². The smallest absolute Gasteiger partial charge is 0.220 e. The lowest BCUT2D eigenvalue weighted by atomic mass is 9.96. The summed E-state index contributed by atoms with van der Waals surface area (Å²) in [5, 5.41) is 121.